The Labute approximate surface area is 576 Å². The first kappa shape index (κ1) is 79.6. The van der Waals surface area contributed by atoms with Crippen LogP contribution in [0.4, 0.5) is 4.79 Å². The van der Waals surface area contributed by atoms with E-state index < -0.39 is 157 Å². The lowest BCUT2D eigenvalue weighted by Gasteiger charge is -2.29. The first-order valence-electron chi connectivity index (χ1n) is 32.7. The number of hydrazine groups is 1. The predicted molar refractivity (Wildman–Crippen MR) is 369 cm³/mol. The average molecular weight is 1380 g/mol. The maximum Gasteiger partial charge on any atom is 0.333 e. The van der Waals surface area contributed by atoms with Crippen molar-refractivity contribution in [2.45, 2.75) is 140 Å². The number of aromatic hydroxyl groups is 1. The molecule has 97 heavy (non-hydrogen) atoms. The molecule has 0 aromatic heterocycles. The lowest BCUT2D eigenvalue weighted by atomic mass is 9.88. The van der Waals surface area contributed by atoms with Gasteiger partial charge in [-0.05, 0) is 96.9 Å². The van der Waals surface area contributed by atoms with Crippen LogP contribution in [0.5, 0.6) is 5.75 Å². The van der Waals surface area contributed by atoms with Gasteiger partial charge in [-0.1, -0.05) is 117 Å². The molecule has 0 saturated carbocycles. The number of ketones is 4. The number of nitrogens with one attached hydrogen (secondary N) is 8. The lowest BCUT2D eigenvalue weighted by molar-refractivity contribution is -0.137. The van der Waals surface area contributed by atoms with E-state index in [1.165, 1.54) is 43.0 Å². The van der Waals surface area contributed by atoms with Gasteiger partial charge in [0.1, 0.15) is 36.3 Å². The molecule has 11 atom stereocenters. The SMILES string of the molecule is CCC(C)[C@@H]1NC(=O)[C@H](Cc2ccccc2)NC(=O)[C@H](Cc2ccc(CCc3ccccc3)cc2)NC(=O)[C@@H](CC(=O)[C@@H](NC(=O)[C@H](CO)CC(=O)[C@H](Cc2ccc(O)cc2)NC(=O)COCCOCCCC(=O)[C@@H](N)CS)C(C)O)CNC(=O)NNC(=O)[C@H](CCSC)CC1=O. The summed E-state index contributed by atoms with van der Waals surface area (Å²) < 4.78 is 10.9. The molecule has 0 bridgehead atoms. The zero-order valence-corrected chi connectivity index (χ0v) is 57.2. The third-order valence-corrected chi connectivity index (χ3v) is 17.8. The normalized spacial score (nSPS) is 19.4. The van der Waals surface area contributed by atoms with Crippen LogP contribution in [0.1, 0.15) is 93.5 Å². The van der Waals surface area contributed by atoms with Gasteiger partial charge in [0, 0.05) is 63.3 Å². The molecule has 1 aliphatic heterocycles. The van der Waals surface area contributed by atoms with E-state index in [9.17, 15) is 63.3 Å². The van der Waals surface area contributed by atoms with E-state index in [1.54, 1.807) is 49.4 Å². The standard InChI is InChI=1S/C70H95N9O16S2/c1-5-43(2)63-60(85)36-50(28-32-97-4)67(90)78-79-70(93)72-39-51(65(88)74-56(68(91)75-57(69(92)76-63)34-47-15-10-7-11-16-47)35-48-22-20-46(21-23-48)19-18-45-13-8-6-9-14-45)37-61(86)64(44(3)81)77-66(89)52(40-80)38-59(84)55(33-49-24-26-53(82)27-25-49)73-62(87)41-95-31-30-94-29-12-17-58(83)54(71)42-96/h6-11,13-16,20-27,43-44,50-52,54-57,63-64,80-82,96H,5,12,17-19,28-42,71H2,1-4H3,(H,73,87)(H,74,88)(H,75,91)(H,76,92)(H,77,89)(H,78,90)(H2,72,79,93)/t43?,44?,50-,51+,52+,54+,55+,56+,57+,63+,64+/m1/s1. The summed E-state index contributed by atoms with van der Waals surface area (Å²) in [5, 5.41) is 47.7. The largest absolute Gasteiger partial charge is 0.508 e. The highest BCUT2D eigenvalue weighted by Crippen LogP contribution is 2.21. The Hall–Kier alpha value is -8.05. The highest BCUT2D eigenvalue weighted by molar-refractivity contribution is 7.98. The van der Waals surface area contributed by atoms with Gasteiger partial charge >= 0.3 is 6.03 Å². The lowest BCUT2D eigenvalue weighted by Crippen LogP contribution is -2.58. The minimum Gasteiger partial charge on any atom is -0.508 e. The van der Waals surface area contributed by atoms with Crippen molar-refractivity contribution in [3.63, 3.8) is 0 Å². The number of phenols is 1. The van der Waals surface area contributed by atoms with Crippen LogP contribution in [0.25, 0.3) is 0 Å². The second kappa shape index (κ2) is 42.6. The van der Waals surface area contributed by atoms with E-state index in [0.717, 1.165) is 17.5 Å². The summed E-state index contributed by atoms with van der Waals surface area (Å²) in [6.45, 7) is 2.94. The van der Waals surface area contributed by atoms with E-state index in [0.29, 0.717) is 41.7 Å². The minimum atomic E-state index is -1.82. The highest BCUT2D eigenvalue weighted by atomic mass is 32.2. The van der Waals surface area contributed by atoms with Gasteiger partial charge in [-0.3, -0.25) is 53.4 Å². The minimum absolute atomic E-state index is 0.0236. The van der Waals surface area contributed by atoms with Crippen molar-refractivity contribution < 1.29 is 77.5 Å². The fraction of sp³-hybridized carbons (Fsp3) is 0.500. The van der Waals surface area contributed by atoms with Crippen LogP contribution in [-0.2, 0) is 89.5 Å². The zero-order chi connectivity index (χ0) is 70.8. The molecule has 2 unspecified atom stereocenters. The Morgan fingerprint density at radius 2 is 1.27 bits per heavy atom. The molecule has 1 saturated heterocycles. The van der Waals surface area contributed by atoms with Crippen LogP contribution in [0.2, 0.25) is 0 Å². The Morgan fingerprint density at radius 1 is 0.691 bits per heavy atom. The summed E-state index contributed by atoms with van der Waals surface area (Å²) in [6.07, 6.45) is 0.594. The summed E-state index contributed by atoms with van der Waals surface area (Å²) in [5.74, 6) is -11.4. The van der Waals surface area contributed by atoms with Gasteiger partial charge in [0.15, 0.2) is 17.3 Å². The molecule has 0 spiro atoms. The van der Waals surface area contributed by atoms with Crippen LogP contribution < -0.4 is 48.5 Å². The maximum atomic E-state index is 15.0. The molecule has 528 valence electrons. The number of hydrogen-bond acceptors (Lipinski definition) is 19. The third-order valence-electron chi connectivity index (χ3n) is 16.7. The number of phenolic OH excluding ortho intramolecular Hbond substituents is 1. The van der Waals surface area contributed by atoms with Crippen molar-refractivity contribution in [3.8, 4) is 5.75 Å². The first-order chi connectivity index (χ1) is 46.5. The Kier molecular flexibility index (Phi) is 35.0. The average Bonchev–Trinajstić information content (AvgIpc) is 1.28. The van der Waals surface area contributed by atoms with Gasteiger partial charge in [-0.25, -0.2) is 10.2 Å². The molecule has 1 fully saturated rings. The topological polar surface area (TPSA) is 389 Å². The Balaban J connectivity index is 1.42. The molecule has 4 aromatic carbocycles. The monoisotopic (exact) mass is 1380 g/mol. The summed E-state index contributed by atoms with van der Waals surface area (Å²) in [4.78, 5) is 155. The maximum absolute atomic E-state index is 15.0. The van der Waals surface area contributed by atoms with Gasteiger partial charge < -0.3 is 62.4 Å². The van der Waals surface area contributed by atoms with Gasteiger partial charge in [0.2, 0.25) is 35.4 Å². The van der Waals surface area contributed by atoms with Crippen molar-refractivity contribution in [1.29, 1.82) is 0 Å². The number of aryl methyl sites for hydroxylation is 2. The molecular formula is C70H95N9O16S2. The van der Waals surface area contributed by atoms with Crippen molar-refractivity contribution in [3.05, 3.63) is 137 Å². The summed E-state index contributed by atoms with van der Waals surface area (Å²) in [6, 6.07) is 23.0. The van der Waals surface area contributed by atoms with E-state index in [4.69, 9.17) is 15.2 Å². The second-order valence-corrected chi connectivity index (χ2v) is 25.7. The molecule has 5 rings (SSSR count). The number of ether oxygens (including phenoxy) is 2. The van der Waals surface area contributed by atoms with Crippen molar-refractivity contribution in [1.82, 2.24) is 42.8 Å². The summed E-state index contributed by atoms with van der Waals surface area (Å²) in [7, 11) is 0. The van der Waals surface area contributed by atoms with E-state index >= 15 is 4.79 Å². The van der Waals surface area contributed by atoms with Crippen LogP contribution in [0.15, 0.2) is 109 Å². The number of Topliss-reactive ketones (excluding diaryl/α,β-unsaturated/α-hetero) is 4. The van der Waals surface area contributed by atoms with Crippen LogP contribution >= 0.6 is 24.4 Å². The van der Waals surface area contributed by atoms with Crippen molar-refractivity contribution in [2.75, 3.05) is 57.3 Å². The molecule has 0 radical (unpaired) electrons. The molecule has 1 heterocycles. The predicted octanol–water partition coefficient (Wildman–Crippen LogP) is 2.51. The third kappa shape index (κ3) is 28.1. The smallest absolute Gasteiger partial charge is 0.333 e. The number of urea groups is 1. The molecule has 8 amide bonds. The number of carbonyl (C=O) groups excluding carboxylic acids is 11. The number of nitrogens with two attached hydrogens (primary N) is 1. The summed E-state index contributed by atoms with van der Waals surface area (Å²) in [5.41, 5.74) is 14.1. The number of thiol groups is 1. The quantitative estimate of drug-likeness (QED) is 0.0230. The molecule has 1 aliphatic rings. The van der Waals surface area contributed by atoms with E-state index in [1.807, 2.05) is 55.6 Å². The Bertz CT molecular complexity index is 3200. The molecule has 0 aliphatic carbocycles. The molecule has 4 aromatic rings. The fourth-order valence-corrected chi connectivity index (χ4v) is 11.4. The first-order valence-corrected chi connectivity index (χ1v) is 34.7. The number of carbonyl (C=O) groups is 11. The van der Waals surface area contributed by atoms with Crippen LogP contribution in [0, 0.1) is 23.7 Å². The van der Waals surface area contributed by atoms with Gasteiger partial charge in [-0.2, -0.15) is 24.4 Å². The van der Waals surface area contributed by atoms with Crippen molar-refractivity contribution >= 4 is 89.0 Å². The Morgan fingerprint density at radius 3 is 1.88 bits per heavy atom. The number of benzene rings is 4. The second-order valence-electron chi connectivity index (χ2n) is 24.3. The van der Waals surface area contributed by atoms with E-state index in [2.05, 4.69) is 55.4 Å². The van der Waals surface area contributed by atoms with E-state index in [-0.39, 0.29) is 75.6 Å². The number of aliphatic hydroxyl groups is 2. The van der Waals surface area contributed by atoms with Gasteiger partial charge in [0.25, 0.3) is 0 Å². The number of hydrogen-bond donors (Lipinski definition) is 13. The molecule has 27 heteroatoms. The van der Waals surface area contributed by atoms with Crippen LogP contribution in [-0.4, -0.2) is 180 Å². The highest BCUT2D eigenvalue weighted by Gasteiger charge is 2.38. The zero-order valence-electron chi connectivity index (χ0n) is 55.5. The summed E-state index contributed by atoms with van der Waals surface area (Å²) >= 11 is 5.45. The number of thioether (sulfide) groups is 1. The molecule has 25 nitrogen and oxygen atoms in total. The molecule has 13 N–H and O–H groups in total. The number of rotatable bonds is 36. The fourth-order valence-electron chi connectivity index (χ4n) is 10.7. The van der Waals surface area contributed by atoms with Crippen LogP contribution in [0.3, 0.4) is 0 Å². The van der Waals surface area contributed by atoms with Crippen molar-refractivity contribution in [2.24, 2.45) is 29.4 Å². The molecular weight excluding hydrogens is 1290 g/mol. The number of aliphatic hydroxyl groups excluding tert-OH is 2. The number of amides is 8. The van der Waals surface area contributed by atoms with Gasteiger partial charge in [-0.15, -0.1) is 0 Å². The van der Waals surface area contributed by atoms with Gasteiger partial charge in [0.05, 0.1) is 55.9 Å².